The zero-order valence-corrected chi connectivity index (χ0v) is 8.66. The lowest BCUT2D eigenvalue weighted by Crippen LogP contribution is -2.47. The van der Waals surface area contributed by atoms with Crippen LogP contribution in [-0.4, -0.2) is 47.9 Å². The molecule has 0 spiro atoms. The maximum absolute atomic E-state index is 11.3. The van der Waals surface area contributed by atoms with Crippen molar-refractivity contribution in [2.75, 3.05) is 20.1 Å². The largest absolute Gasteiger partial charge is 0.411 e. The van der Waals surface area contributed by atoms with E-state index >= 15 is 0 Å². The number of piperidine rings is 1. The number of likely N-dealkylation sites (tertiary alicyclic amines) is 1. The summed E-state index contributed by atoms with van der Waals surface area (Å²) in [7, 11) is 1.64. The van der Waals surface area contributed by atoms with Crippen molar-refractivity contribution in [1.82, 2.24) is 10.2 Å². The van der Waals surface area contributed by atoms with Gasteiger partial charge in [-0.1, -0.05) is 5.16 Å². The molecule has 14 heavy (non-hydrogen) atoms. The van der Waals surface area contributed by atoms with Crippen molar-refractivity contribution >= 4 is 11.6 Å². The third-order valence-electron chi connectivity index (χ3n) is 2.69. The van der Waals surface area contributed by atoms with Crippen LogP contribution in [0.25, 0.3) is 0 Å². The number of hydrogen-bond donors (Lipinski definition) is 2. The SMILES string of the molecule is CNC(=O)C(C)N1CCC(=NO)CC1. The molecule has 5 nitrogen and oxygen atoms in total. The highest BCUT2D eigenvalue weighted by atomic mass is 16.4. The molecule has 1 aliphatic heterocycles. The first-order chi connectivity index (χ1) is 6.69. The zero-order chi connectivity index (χ0) is 10.6. The Morgan fingerprint density at radius 1 is 1.57 bits per heavy atom. The molecule has 2 N–H and O–H groups in total. The summed E-state index contributed by atoms with van der Waals surface area (Å²) in [5.74, 6) is 0.0365. The number of rotatable bonds is 2. The van der Waals surface area contributed by atoms with Crippen LogP contribution in [0.15, 0.2) is 5.16 Å². The molecule has 1 amide bonds. The van der Waals surface area contributed by atoms with Crippen LogP contribution in [0.3, 0.4) is 0 Å². The highest BCUT2D eigenvalue weighted by Gasteiger charge is 2.23. The Morgan fingerprint density at radius 2 is 2.14 bits per heavy atom. The van der Waals surface area contributed by atoms with Crippen LogP contribution < -0.4 is 5.32 Å². The second kappa shape index (κ2) is 4.95. The van der Waals surface area contributed by atoms with E-state index in [0.717, 1.165) is 31.6 Å². The first kappa shape index (κ1) is 11.0. The Labute approximate surface area is 83.8 Å². The number of nitrogens with zero attached hydrogens (tertiary/aromatic N) is 2. The van der Waals surface area contributed by atoms with Crippen LogP contribution in [0.2, 0.25) is 0 Å². The van der Waals surface area contributed by atoms with Gasteiger partial charge in [0.05, 0.1) is 11.8 Å². The fraction of sp³-hybridized carbons (Fsp3) is 0.778. The van der Waals surface area contributed by atoms with Crippen molar-refractivity contribution in [3.8, 4) is 0 Å². The summed E-state index contributed by atoms with van der Waals surface area (Å²) in [5.41, 5.74) is 0.824. The molecule has 1 aliphatic rings. The summed E-state index contributed by atoms with van der Waals surface area (Å²) in [5, 5.41) is 14.4. The molecule has 0 saturated carbocycles. The number of nitrogens with one attached hydrogen (secondary N) is 1. The molecule has 5 heteroatoms. The molecule has 1 fully saturated rings. The molecule has 80 valence electrons. The molecule has 0 aromatic carbocycles. The molecule has 0 aromatic heterocycles. The maximum Gasteiger partial charge on any atom is 0.236 e. The second-order valence-electron chi connectivity index (χ2n) is 3.49. The minimum Gasteiger partial charge on any atom is -0.411 e. The van der Waals surface area contributed by atoms with Crippen molar-refractivity contribution in [2.45, 2.75) is 25.8 Å². The second-order valence-corrected chi connectivity index (χ2v) is 3.49. The smallest absolute Gasteiger partial charge is 0.236 e. The maximum atomic E-state index is 11.3. The molecule has 0 aliphatic carbocycles. The summed E-state index contributed by atoms with van der Waals surface area (Å²) in [6, 6.07) is -0.0970. The van der Waals surface area contributed by atoms with Crippen molar-refractivity contribution in [3.05, 3.63) is 0 Å². The molecule has 0 bridgehead atoms. The number of carbonyl (C=O) groups excluding carboxylic acids is 1. The monoisotopic (exact) mass is 199 g/mol. The summed E-state index contributed by atoms with van der Waals surface area (Å²) in [4.78, 5) is 13.4. The van der Waals surface area contributed by atoms with Crippen LogP contribution in [0.4, 0.5) is 0 Å². The normalized spacial score (nSPS) is 20.3. The van der Waals surface area contributed by atoms with Crippen LogP contribution in [0.5, 0.6) is 0 Å². The number of hydrogen-bond acceptors (Lipinski definition) is 4. The molecule has 1 unspecified atom stereocenters. The lowest BCUT2D eigenvalue weighted by atomic mass is 10.1. The van der Waals surface area contributed by atoms with Crippen molar-refractivity contribution in [3.63, 3.8) is 0 Å². The van der Waals surface area contributed by atoms with Gasteiger partial charge in [-0.05, 0) is 6.92 Å². The number of carbonyl (C=O) groups is 1. The van der Waals surface area contributed by atoms with Crippen molar-refractivity contribution in [2.24, 2.45) is 5.16 Å². The third kappa shape index (κ3) is 2.45. The van der Waals surface area contributed by atoms with Crippen LogP contribution in [0.1, 0.15) is 19.8 Å². The Morgan fingerprint density at radius 3 is 2.57 bits per heavy atom. The summed E-state index contributed by atoms with van der Waals surface area (Å²) in [6.07, 6.45) is 1.50. The standard InChI is InChI=1S/C9H17N3O2/c1-7(9(13)10-2)12-5-3-8(11-14)4-6-12/h7,14H,3-6H2,1-2H3,(H,10,13). The third-order valence-corrected chi connectivity index (χ3v) is 2.69. The Kier molecular flexibility index (Phi) is 3.88. The summed E-state index contributed by atoms with van der Waals surface area (Å²) >= 11 is 0. The predicted octanol–water partition coefficient (Wildman–Crippen LogP) is 0.0469. The van der Waals surface area contributed by atoms with Gasteiger partial charge in [0.2, 0.25) is 5.91 Å². The predicted molar refractivity (Wildman–Crippen MR) is 53.6 cm³/mol. The first-order valence-corrected chi connectivity index (χ1v) is 4.84. The lowest BCUT2D eigenvalue weighted by molar-refractivity contribution is -0.125. The van der Waals surface area contributed by atoms with Gasteiger partial charge in [-0.15, -0.1) is 0 Å². The van der Waals surface area contributed by atoms with E-state index in [4.69, 9.17) is 5.21 Å². The van der Waals surface area contributed by atoms with E-state index in [-0.39, 0.29) is 11.9 Å². The molecular weight excluding hydrogens is 182 g/mol. The topological polar surface area (TPSA) is 64.9 Å². The van der Waals surface area contributed by atoms with Gasteiger partial charge >= 0.3 is 0 Å². The van der Waals surface area contributed by atoms with E-state index in [1.54, 1.807) is 7.05 Å². The van der Waals surface area contributed by atoms with E-state index in [1.807, 2.05) is 6.92 Å². The van der Waals surface area contributed by atoms with Crippen molar-refractivity contribution in [1.29, 1.82) is 0 Å². The minimum absolute atomic E-state index is 0.0365. The van der Waals surface area contributed by atoms with E-state index in [1.165, 1.54) is 0 Å². The fourth-order valence-electron chi connectivity index (χ4n) is 1.64. The zero-order valence-electron chi connectivity index (χ0n) is 8.66. The summed E-state index contributed by atoms with van der Waals surface area (Å²) in [6.45, 7) is 3.46. The number of amides is 1. The molecule has 0 aromatic rings. The summed E-state index contributed by atoms with van der Waals surface area (Å²) < 4.78 is 0. The molecule has 1 heterocycles. The van der Waals surface area contributed by atoms with Crippen LogP contribution in [-0.2, 0) is 4.79 Å². The van der Waals surface area contributed by atoms with Gasteiger partial charge in [-0.2, -0.15) is 0 Å². The van der Waals surface area contributed by atoms with E-state index in [9.17, 15) is 4.79 Å². The average molecular weight is 199 g/mol. The van der Waals surface area contributed by atoms with E-state index < -0.39 is 0 Å². The molecule has 1 saturated heterocycles. The van der Waals surface area contributed by atoms with E-state index in [2.05, 4.69) is 15.4 Å². The first-order valence-electron chi connectivity index (χ1n) is 4.84. The highest BCUT2D eigenvalue weighted by Crippen LogP contribution is 2.10. The van der Waals surface area contributed by atoms with Gasteiger partial charge in [0.25, 0.3) is 0 Å². The van der Waals surface area contributed by atoms with Crippen LogP contribution >= 0.6 is 0 Å². The Balaban J connectivity index is 2.45. The quantitative estimate of drug-likeness (QED) is 0.488. The van der Waals surface area contributed by atoms with Crippen LogP contribution in [0, 0.1) is 0 Å². The minimum atomic E-state index is -0.0970. The van der Waals surface area contributed by atoms with Gasteiger partial charge < -0.3 is 10.5 Å². The molecular formula is C9H17N3O2. The average Bonchev–Trinajstić information content (AvgIpc) is 2.27. The van der Waals surface area contributed by atoms with Gasteiger partial charge in [0, 0.05) is 33.0 Å². The number of oxime groups is 1. The van der Waals surface area contributed by atoms with Gasteiger partial charge in [0.15, 0.2) is 0 Å². The highest BCUT2D eigenvalue weighted by molar-refractivity contribution is 5.85. The molecule has 1 atom stereocenters. The van der Waals surface area contributed by atoms with Gasteiger partial charge in [-0.3, -0.25) is 9.69 Å². The van der Waals surface area contributed by atoms with Gasteiger partial charge in [0.1, 0.15) is 0 Å². The Hall–Kier alpha value is -1.10. The van der Waals surface area contributed by atoms with Gasteiger partial charge in [-0.25, -0.2) is 0 Å². The Bertz CT molecular complexity index is 230. The fourth-order valence-corrected chi connectivity index (χ4v) is 1.64. The molecule has 1 rings (SSSR count). The lowest BCUT2D eigenvalue weighted by Gasteiger charge is -2.31. The van der Waals surface area contributed by atoms with E-state index in [0.29, 0.717) is 0 Å². The van der Waals surface area contributed by atoms with Crippen molar-refractivity contribution < 1.29 is 10.0 Å². The number of likely N-dealkylation sites (N-methyl/N-ethyl adjacent to an activating group) is 1. The molecule has 0 radical (unpaired) electrons.